The summed E-state index contributed by atoms with van der Waals surface area (Å²) in [4.78, 5) is 0. The molecule has 0 aliphatic heterocycles. The van der Waals surface area contributed by atoms with E-state index in [1.165, 1.54) is 38.5 Å². The van der Waals surface area contributed by atoms with Crippen molar-refractivity contribution in [2.45, 2.75) is 108 Å². The summed E-state index contributed by atoms with van der Waals surface area (Å²) in [5.74, 6) is 5.69. The van der Waals surface area contributed by atoms with Gasteiger partial charge in [-0.25, -0.2) is 0 Å². The molecule has 144 valence electrons. The molecule has 0 N–H and O–H groups in total. The van der Waals surface area contributed by atoms with E-state index < -0.39 is 0 Å². The zero-order valence-electron chi connectivity index (χ0n) is 18.7. The van der Waals surface area contributed by atoms with Crippen LogP contribution in [0.1, 0.15) is 108 Å². The van der Waals surface area contributed by atoms with Crippen LogP contribution in [0, 0.1) is 46.3 Å². The Bertz CT molecular complexity index is 363. The minimum Gasteiger partial charge on any atom is -0.0651 e. The van der Waals surface area contributed by atoms with Gasteiger partial charge in [-0.3, -0.25) is 0 Å². The molecule has 0 saturated heterocycles. The van der Waals surface area contributed by atoms with Crippen molar-refractivity contribution in [2.75, 3.05) is 0 Å². The van der Waals surface area contributed by atoms with Gasteiger partial charge in [-0.2, -0.15) is 0 Å². The summed E-state index contributed by atoms with van der Waals surface area (Å²) in [6, 6.07) is 0. The monoisotopic (exact) mass is 336 g/mol. The highest BCUT2D eigenvalue weighted by atomic mass is 14.5. The lowest BCUT2D eigenvalue weighted by Gasteiger charge is -2.43. The molecule has 0 nitrogen and oxygen atoms in total. The van der Waals surface area contributed by atoms with Crippen molar-refractivity contribution < 1.29 is 0 Å². The van der Waals surface area contributed by atoms with Gasteiger partial charge in [-0.15, -0.1) is 0 Å². The fraction of sp³-hybridized carbons (Fsp3) is 1.00. The first-order valence-electron chi connectivity index (χ1n) is 11.0. The van der Waals surface area contributed by atoms with Gasteiger partial charge in [0.25, 0.3) is 0 Å². The predicted molar refractivity (Wildman–Crippen MR) is 110 cm³/mol. The molecule has 0 bridgehead atoms. The van der Waals surface area contributed by atoms with Gasteiger partial charge in [-0.05, 0) is 65.6 Å². The Morgan fingerprint density at radius 3 is 1.92 bits per heavy atom. The molecule has 7 unspecified atom stereocenters. The number of hydrogen-bond acceptors (Lipinski definition) is 0. The van der Waals surface area contributed by atoms with Crippen LogP contribution in [0.2, 0.25) is 0 Å². The zero-order valence-corrected chi connectivity index (χ0v) is 18.7. The fourth-order valence-electron chi connectivity index (χ4n) is 5.45. The van der Waals surface area contributed by atoms with Crippen molar-refractivity contribution in [2.24, 2.45) is 46.3 Å². The van der Waals surface area contributed by atoms with Gasteiger partial charge in [0.15, 0.2) is 0 Å². The van der Waals surface area contributed by atoms with Gasteiger partial charge in [0.1, 0.15) is 0 Å². The maximum absolute atomic E-state index is 2.56. The predicted octanol–water partition coefficient (Wildman–Crippen LogP) is 8.21. The van der Waals surface area contributed by atoms with Gasteiger partial charge in [0.05, 0.1) is 0 Å². The summed E-state index contributed by atoms with van der Waals surface area (Å²) in [7, 11) is 0. The molecule has 1 aliphatic rings. The van der Waals surface area contributed by atoms with E-state index in [9.17, 15) is 0 Å². The van der Waals surface area contributed by atoms with E-state index in [-0.39, 0.29) is 0 Å². The highest BCUT2D eigenvalue weighted by molar-refractivity contribution is 4.95. The van der Waals surface area contributed by atoms with Gasteiger partial charge in [-0.1, -0.05) is 88.5 Å². The van der Waals surface area contributed by atoms with Crippen molar-refractivity contribution in [3.8, 4) is 0 Å². The maximum atomic E-state index is 2.56. The first-order valence-corrected chi connectivity index (χ1v) is 11.0. The summed E-state index contributed by atoms with van der Waals surface area (Å²) < 4.78 is 0. The Labute approximate surface area is 154 Å². The first-order chi connectivity index (χ1) is 11.0. The molecule has 0 radical (unpaired) electrons. The second kappa shape index (κ2) is 8.59. The van der Waals surface area contributed by atoms with Crippen molar-refractivity contribution >= 4 is 0 Å². The molecule has 1 fully saturated rings. The molecule has 1 rings (SSSR count). The Morgan fingerprint density at radius 1 is 0.917 bits per heavy atom. The average molecular weight is 337 g/mol. The fourth-order valence-corrected chi connectivity index (χ4v) is 5.45. The first kappa shape index (κ1) is 22.0. The molecule has 0 spiro atoms. The normalized spacial score (nSPS) is 28.8. The highest BCUT2D eigenvalue weighted by Gasteiger charge is 2.45. The molecule has 0 aromatic rings. The zero-order chi connectivity index (χ0) is 18.7. The summed E-state index contributed by atoms with van der Waals surface area (Å²) >= 11 is 0. The van der Waals surface area contributed by atoms with Gasteiger partial charge < -0.3 is 0 Å². The van der Waals surface area contributed by atoms with Gasteiger partial charge in [0, 0.05) is 0 Å². The second-order valence-corrected chi connectivity index (χ2v) is 10.7. The van der Waals surface area contributed by atoms with Crippen molar-refractivity contribution in [3.63, 3.8) is 0 Å². The quantitative estimate of drug-likeness (QED) is 0.377. The molecule has 0 heterocycles. The van der Waals surface area contributed by atoms with E-state index in [4.69, 9.17) is 0 Å². The Kier molecular flexibility index (Phi) is 7.89. The highest BCUT2D eigenvalue weighted by Crippen LogP contribution is 2.54. The molecular formula is C24H48. The lowest BCUT2D eigenvalue weighted by atomic mass is 9.62. The molecule has 0 amide bonds. The summed E-state index contributed by atoms with van der Waals surface area (Å²) in [5.41, 5.74) is 0.890. The maximum Gasteiger partial charge on any atom is -0.0277 e. The standard InChI is InChI=1S/C24H48/c1-11-18(5)21(12-2)19(6)22-15-20(22)14-17(4)16-24(10,13-3)23(7,8)9/h17-22H,11-16H2,1-10H3. The van der Waals surface area contributed by atoms with Crippen molar-refractivity contribution in [1.29, 1.82) is 0 Å². The van der Waals surface area contributed by atoms with E-state index in [1.54, 1.807) is 0 Å². The van der Waals surface area contributed by atoms with Gasteiger partial charge in [0.2, 0.25) is 0 Å². The molecular weight excluding hydrogens is 288 g/mol. The third-order valence-electron chi connectivity index (χ3n) is 8.27. The van der Waals surface area contributed by atoms with Gasteiger partial charge >= 0.3 is 0 Å². The largest absolute Gasteiger partial charge is 0.0651 e. The third-order valence-corrected chi connectivity index (χ3v) is 8.27. The molecule has 0 heteroatoms. The minimum absolute atomic E-state index is 0.413. The number of hydrogen-bond donors (Lipinski definition) is 0. The second-order valence-electron chi connectivity index (χ2n) is 10.7. The Hall–Kier alpha value is 0. The van der Waals surface area contributed by atoms with E-state index in [2.05, 4.69) is 69.2 Å². The lowest BCUT2D eigenvalue weighted by Crippen LogP contribution is -2.34. The van der Waals surface area contributed by atoms with Crippen LogP contribution in [0.25, 0.3) is 0 Å². The van der Waals surface area contributed by atoms with Crippen molar-refractivity contribution in [1.82, 2.24) is 0 Å². The lowest BCUT2D eigenvalue weighted by molar-refractivity contribution is 0.0686. The molecule has 0 aromatic heterocycles. The SMILES string of the molecule is CCC(C)C(CC)C(C)C1CC1CC(C)CC(C)(CC)C(C)(C)C. The minimum atomic E-state index is 0.413. The van der Waals surface area contributed by atoms with Crippen LogP contribution in [0.4, 0.5) is 0 Å². The molecule has 0 aromatic carbocycles. The Morgan fingerprint density at radius 2 is 1.50 bits per heavy atom. The van der Waals surface area contributed by atoms with Crippen LogP contribution in [-0.4, -0.2) is 0 Å². The van der Waals surface area contributed by atoms with E-state index in [0.29, 0.717) is 10.8 Å². The third kappa shape index (κ3) is 5.25. The number of rotatable bonds is 10. The smallest absolute Gasteiger partial charge is 0.0277 e. The Balaban J connectivity index is 2.55. The molecule has 7 atom stereocenters. The van der Waals surface area contributed by atoms with Crippen LogP contribution in [0.3, 0.4) is 0 Å². The molecule has 24 heavy (non-hydrogen) atoms. The van der Waals surface area contributed by atoms with E-state index in [0.717, 1.165) is 35.5 Å². The summed E-state index contributed by atoms with van der Waals surface area (Å²) in [5, 5.41) is 0. The van der Waals surface area contributed by atoms with E-state index >= 15 is 0 Å². The summed E-state index contributed by atoms with van der Waals surface area (Å²) in [6.07, 6.45) is 8.39. The van der Waals surface area contributed by atoms with Crippen LogP contribution in [-0.2, 0) is 0 Å². The van der Waals surface area contributed by atoms with E-state index in [1.807, 2.05) is 0 Å². The van der Waals surface area contributed by atoms with Crippen molar-refractivity contribution in [3.05, 3.63) is 0 Å². The van der Waals surface area contributed by atoms with Crippen LogP contribution < -0.4 is 0 Å². The molecule has 1 saturated carbocycles. The molecule has 1 aliphatic carbocycles. The van der Waals surface area contributed by atoms with Crippen LogP contribution in [0.15, 0.2) is 0 Å². The van der Waals surface area contributed by atoms with Crippen LogP contribution in [0.5, 0.6) is 0 Å². The summed E-state index contributed by atoms with van der Waals surface area (Å²) in [6.45, 7) is 24.5. The van der Waals surface area contributed by atoms with Crippen LogP contribution >= 0.6 is 0 Å². The topological polar surface area (TPSA) is 0 Å². The average Bonchev–Trinajstić information content (AvgIpc) is 3.25.